The van der Waals surface area contributed by atoms with Gasteiger partial charge >= 0.3 is 5.97 Å². The quantitative estimate of drug-likeness (QED) is 0.807. The first-order valence-corrected chi connectivity index (χ1v) is 7.20. The molecule has 0 aliphatic heterocycles. The summed E-state index contributed by atoms with van der Waals surface area (Å²) in [7, 11) is 2.00. The Kier molecular flexibility index (Phi) is 3.04. The average molecular weight is 272 g/mol. The third-order valence-corrected chi connectivity index (χ3v) is 4.40. The number of carbonyl (C=O) groups is 1. The number of benzene rings is 1. The lowest BCUT2D eigenvalue weighted by Crippen LogP contribution is -2.45. The van der Waals surface area contributed by atoms with E-state index in [9.17, 15) is 4.79 Å². The summed E-state index contributed by atoms with van der Waals surface area (Å²) < 4.78 is 7.36. The van der Waals surface area contributed by atoms with Crippen LogP contribution in [0.2, 0.25) is 0 Å². The molecule has 0 bridgehead atoms. The van der Waals surface area contributed by atoms with Crippen molar-refractivity contribution < 1.29 is 9.53 Å². The van der Waals surface area contributed by atoms with E-state index in [1.54, 1.807) is 0 Å². The number of imidazole rings is 1. The van der Waals surface area contributed by atoms with E-state index in [2.05, 4.69) is 17.6 Å². The number of aromatic nitrogens is 2. The minimum atomic E-state index is -0.532. The lowest BCUT2D eigenvalue weighted by molar-refractivity contribution is -0.154. The Morgan fingerprint density at radius 3 is 2.75 bits per heavy atom. The predicted octanol–water partition coefficient (Wildman–Crippen LogP) is 2.87. The lowest BCUT2D eigenvalue weighted by Gasteiger charge is -2.38. The number of nitrogens with zero attached hydrogens (tertiary/aromatic N) is 2. The van der Waals surface area contributed by atoms with Crippen molar-refractivity contribution in [3.8, 4) is 0 Å². The van der Waals surface area contributed by atoms with E-state index in [1.807, 2.05) is 26.1 Å². The highest BCUT2D eigenvalue weighted by Crippen LogP contribution is 2.45. The van der Waals surface area contributed by atoms with Crippen molar-refractivity contribution in [2.45, 2.75) is 38.5 Å². The number of fused-ring (bicyclic) bond motifs is 1. The molecule has 4 nitrogen and oxygen atoms in total. The van der Waals surface area contributed by atoms with Crippen LogP contribution in [0.15, 0.2) is 18.2 Å². The van der Waals surface area contributed by atoms with Gasteiger partial charge in [-0.05, 0) is 38.3 Å². The molecule has 1 aliphatic carbocycles. The Balaban J connectivity index is 2.16. The smallest absolute Gasteiger partial charge is 0.319 e. The molecule has 0 N–H and O–H groups in total. The Labute approximate surface area is 118 Å². The fourth-order valence-corrected chi connectivity index (χ4v) is 3.21. The van der Waals surface area contributed by atoms with Crippen molar-refractivity contribution in [3.63, 3.8) is 0 Å². The zero-order chi connectivity index (χ0) is 14.3. The molecule has 1 heterocycles. The van der Waals surface area contributed by atoms with Gasteiger partial charge in [0, 0.05) is 7.05 Å². The maximum Gasteiger partial charge on any atom is 0.319 e. The highest BCUT2D eigenvalue weighted by molar-refractivity contribution is 5.86. The Morgan fingerprint density at radius 1 is 1.45 bits per heavy atom. The van der Waals surface area contributed by atoms with E-state index >= 15 is 0 Å². The van der Waals surface area contributed by atoms with Gasteiger partial charge in [0.2, 0.25) is 0 Å². The van der Waals surface area contributed by atoms with Crippen LogP contribution in [0, 0.1) is 6.92 Å². The second-order valence-electron chi connectivity index (χ2n) is 5.59. The van der Waals surface area contributed by atoms with Gasteiger partial charge in [0.25, 0.3) is 0 Å². The van der Waals surface area contributed by atoms with E-state index in [0.29, 0.717) is 6.61 Å². The van der Waals surface area contributed by atoms with Crippen LogP contribution < -0.4 is 0 Å². The Morgan fingerprint density at radius 2 is 2.20 bits per heavy atom. The van der Waals surface area contributed by atoms with Crippen molar-refractivity contribution in [1.82, 2.24) is 9.55 Å². The molecule has 0 radical (unpaired) electrons. The first kappa shape index (κ1) is 13.2. The van der Waals surface area contributed by atoms with E-state index in [0.717, 1.165) is 36.1 Å². The minimum Gasteiger partial charge on any atom is -0.465 e. The summed E-state index contributed by atoms with van der Waals surface area (Å²) in [6, 6.07) is 6.08. The summed E-state index contributed by atoms with van der Waals surface area (Å²) >= 11 is 0. The fourth-order valence-electron chi connectivity index (χ4n) is 3.21. The second-order valence-corrected chi connectivity index (χ2v) is 5.59. The van der Waals surface area contributed by atoms with Crippen molar-refractivity contribution in [3.05, 3.63) is 29.6 Å². The van der Waals surface area contributed by atoms with Crippen LogP contribution in [0.3, 0.4) is 0 Å². The summed E-state index contributed by atoms with van der Waals surface area (Å²) in [6.07, 6.45) is 2.73. The molecule has 1 aromatic heterocycles. The molecule has 1 aliphatic rings. The number of esters is 1. The van der Waals surface area contributed by atoms with Gasteiger partial charge in [0.15, 0.2) is 0 Å². The molecule has 0 spiro atoms. The Bertz CT molecular complexity index is 668. The SMILES string of the molecule is CCOC(=O)C1(c2nc3cccc(C)c3n2C)CCC1. The monoisotopic (exact) mass is 272 g/mol. The molecule has 1 saturated carbocycles. The van der Waals surface area contributed by atoms with Gasteiger partial charge in [-0.3, -0.25) is 4.79 Å². The maximum atomic E-state index is 12.4. The second kappa shape index (κ2) is 4.62. The first-order chi connectivity index (χ1) is 9.60. The standard InChI is InChI=1S/C16H20N2O2/c1-4-20-15(19)16(9-6-10-16)14-17-12-8-5-7-11(2)13(12)18(14)3/h5,7-8H,4,6,9-10H2,1-3H3. The molecule has 0 amide bonds. The van der Waals surface area contributed by atoms with E-state index in [-0.39, 0.29) is 5.97 Å². The van der Waals surface area contributed by atoms with Crippen LogP contribution in [0.4, 0.5) is 0 Å². The molecule has 1 aromatic carbocycles. The van der Waals surface area contributed by atoms with E-state index in [4.69, 9.17) is 9.72 Å². The van der Waals surface area contributed by atoms with Gasteiger partial charge < -0.3 is 9.30 Å². The van der Waals surface area contributed by atoms with Gasteiger partial charge in [-0.25, -0.2) is 4.98 Å². The minimum absolute atomic E-state index is 0.123. The normalized spacial score (nSPS) is 16.9. The number of hydrogen-bond donors (Lipinski definition) is 0. The zero-order valence-corrected chi connectivity index (χ0v) is 12.3. The average Bonchev–Trinajstić information content (AvgIpc) is 2.68. The molecule has 0 saturated heterocycles. The molecule has 3 rings (SSSR count). The molecule has 0 atom stereocenters. The van der Waals surface area contributed by atoms with Crippen LogP contribution in [0.1, 0.15) is 37.6 Å². The number of aryl methyl sites for hydroxylation is 2. The third-order valence-electron chi connectivity index (χ3n) is 4.40. The molecule has 106 valence electrons. The zero-order valence-electron chi connectivity index (χ0n) is 12.3. The number of ether oxygens (including phenoxy) is 1. The van der Waals surface area contributed by atoms with Crippen LogP contribution in [0.5, 0.6) is 0 Å². The number of rotatable bonds is 3. The van der Waals surface area contributed by atoms with Crippen LogP contribution in [-0.4, -0.2) is 22.1 Å². The number of hydrogen-bond acceptors (Lipinski definition) is 3. The summed E-state index contributed by atoms with van der Waals surface area (Å²) in [5, 5.41) is 0. The Hall–Kier alpha value is -1.84. The summed E-state index contributed by atoms with van der Waals surface area (Å²) in [6.45, 7) is 4.35. The summed E-state index contributed by atoms with van der Waals surface area (Å²) in [5.74, 6) is 0.730. The van der Waals surface area contributed by atoms with Gasteiger partial charge in [-0.2, -0.15) is 0 Å². The summed E-state index contributed by atoms with van der Waals surface area (Å²) in [4.78, 5) is 17.1. The predicted molar refractivity (Wildman–Crippen MR) is 77.6 cm³/mol. The van der Waals surface area contributed by atoms with Crippen molar-refractivity contribution in [2.24, 2.45) is 7.05 Å². The third kappa shape index (κ3) is 1.67. The van der Waals surface area contributed by atoms with Crippen molar-refractivity contribution >= 4 is 17.0 Å². The molecule has 2 aromatic rings. The summed E-state index contributed by atoms with van der Waals surface area (Å²) in [5.41, 5.74) is 2.72. The fraction of sp³-hybridized carbons (Fsp3) is 0.500. The molecule has 4 heteroatoms. The van der Waals surface area contributed by atoms with Crippen molar-refractivity contribution in [2.75, 3.05) is 6.61 Å². The van der Waals surface area contributed by atoms with Gasteiger partial charge in [0.05, 0.1) is 17.6 Å². The van der Waals surface area contributed by atoms with Gasteiger partial charge in [-0.15, -0.1) is 0 Å². The van der Waals surface area contributed by atoms with Crippen molar-refractivity contribution in [1.29, 1.82) is 0 Å². The number of para-hydroxylation sites is 1. The van der Waals surface area contributed by atoms with Crippen LogP contribution in [-0.2, 0) is 22.0 Å². The molecule has 20 heavy (non-hydrogen) atoms. The maximum absolute atomic E-state index is 12.4. The topological polar surface area (TPSA) is 44.1 Å². The molecular weight excluding hydrogens is 252 g/mol. The van der Waals surface area contributed by atoms with Gasteiger partial charge in [-0.1, -0.05) is 18.6 Å². The number of carbonyl (C=O) groups excluding carboxylic acids is 1. The highest BCUT2D eigenvalue weighted by Gasteiger charge is 2.50. The van der Waals surface area contributed by atoms with Gasteiger partial charge in [0.1, 0.15) is 11.2 Å². The van der Waals surface area contributed by atoms with E-state index in [1.165, 1.54) is 5.56 Å². The largest absolute Gasteiger partial charge is 0.465 e. The van der Waals surface area contributed by atoms with E-state index < -0.39 is 5.41 Å². The lowest BCUT2D eigenvalue weighted by atomic mass is 9.68. The molecular formula is C16H20N2O2. The molecule has 0 unspecified atom stereocenters. The highest BCUT2D eigenvalue weighted by atomic mass is 16.5. The van der Waals surface area contributed by atoms with Crippen LogP contribution >= 0.6 is 0 Å². The molecule has 1 fully saturated rings. The van der Waals surface area contributed by atoms with Crippen LogP contribution in [0.25, 0.3) is 11.0 Å². The first-order valence-electron chi connectivity index (χ1n) is 7.20.